The molecule has 0 unspecified atom stereocenters. The third-order valence-corrected chi connectivity index (χ3v) is 9.00. The molecule has 0 fully saturated rings. The Labute approximate surface area is 165 Å². The molecule has 0 aliphatic heterocycles. The second-order valence-corrected chi connectivity index (χ2v) is 13.2. The first-order chi connectivity index (χ1) is 12.2. The van der Waals surface area contributed by atoms with E-state index >= 15 is 0 Å². The molecule has 0 atom stereocenters. The van der Waals surface area contributed by atoms with Crippen LogP contribution < -0.4 is 0 Å². The Morgan fingerprint density at radius 3 is 0.778 bits per heavy atom. The molecule has 0 heterocycles. The van der Waals surface area contributed by atoms with Crippen LogP contribution in [0.15, 0.2) is 0 Å². The van der Waals surface area contributed by atoms with Crippen molar-refractivity contribution in [3.63, 3.8) is 0 Å². The normalized spacial score (nSPS) is 11.9. The predicted octanol–water partition coefficient (Wildman–Crippen LogP) is 4.35. The molecule has 27 heavy (non-hydrogen) atoms. The third-order valence-electron chi connectivity index (χ3n) is 3.94. The lowest BCUT2D eigenvalue weighted by Gasteiger charge is -2.28. The highest BCUT2D eigenvalue weighted by Crippen LogP contribution is 2.61. The molecule has 0 aromatic rings. The molecule has 6 N–H and O–H groups in total. The summed E-state index contributed by atoms with van der Waals surface area (Å²) in [4.78, 5) is 43.1. The van der Waals surface area contributed by atoms with Crippen LogP contribution in [0.25, 0.3) is 0 Å². The second kappa shape index (κ2) is 18.7. The monoisotopic (exact) mass is 455 g/mol. The zero-order chi connectivity index (χ0) is 22.0. The van der Waals surface area contributed by atoms with E-state index in [1.54, 1.807) is 24.6 Å². The van der Waals surface area contributed by atoms with E-state index in [-0.39, 0.29) is 0 Å². The second-order valence-electron chi connectivity index (χ2n) is 6.68. The van der Waals surface area contributed by atoms with Gasteiger partial charge in [-0.1, -0.05) is 53.4 Å². The van der Waals surface area contributed by atoms with Crippen LogP contribution >= 0.6 is 22.9 Å². The Kier molecular flexibility index (Phi) is 22.3. The van der Waals surface area contributed by atoms with Gasteiger partial charge in [0.2, 0.25) is 0 Å². The lowest BCUT2D eigenvalue weighted by molar-refractivity contribution is 0.272. The van der Waals surface area contributed by atoms with E-state index in [2.05, 4.69) is 27.7 Å². The van der Waals surface area contributed by atoms with E-state index in [1.165, 1.54) is 51.4 Å². The van der Waals surface area contributed by atoms with Gasteiger partial charge in [-0.25, -0.2) is 9.13 Å². The zero-order valence-corrected chi connectivity index (χ0v) is 20.0. The van der Waals surface area contributed by atoms with Gasteiger partial charge in [0.25, 0.3) is 0 Å². The maximum Gasteiger partial charge on any atom is 0.466 e. The Balaban J connectivity index is -0.000000471. The van der Waals surface area contributed by atoms with E-state index in [0.717, 1.165) is 0 Å². The molecule has 0 rings (SSSR count). The standard InChI is InChI=1S/C16H36P.2H3O4P/c1-5-9-13-17(14-10-6-2,15-11-7-3)16-12-8-4;2*1-5(2,3)4/h5-16H2,1-4H3;2*(H3,1,2,3,4)/q+1;;. The van der Waals surface area contributed by atoms with Crippen molar-refractivity contribution in [3.05, 3.63) is 0 Å². The number of rotatable bonds is 12. The highest BCUT2D eigenvalue weighted by Gasteiger charge is 2.34. The minimum Gasteiger partial charge on any atom is -0.303 e. The molecule has 0 aromatic carbocycles. The van der Waals surface area contributed by atoms with Crippen molar-refractivity contribution in [1.82, 2.24) is 0 Å². The van der Waals surface area contributed by atoms with Gasteiger partial charge in [0.1, 0.15) is 0 Å². The van der Waals surface area contributed by atoms with Crippen LogP contribution in [-0.2, 0) is 9.13 Å². The summed E-state index contributed by atoms with van der Waals surface area (Å²) < 4.78 is 17.8. The average Bonchev–Trinajstić information content (AvgIpc) is 2.50. The molecule has 0 spiro atoms. The zero-order valence-electron chi connectivity index (χ0n) is 17.3. The van der Waals surface area contributed by atoms with Gasteiger partial charge < -0.3 is 29.4 Å². The SMILES string of the molecule is CCCC[P+](CCCC)(CCCC)CCCC.O=P(O)(O)O.O=P(O)(O)O. The Morgan fingerprint density at radius 1 is 0.519 bits per heavy atom. The number of hydrogen-bond acceptors (Lipinski definition) is 2. The molecule has 0 saturated carbocycles. The van der Waals surface area contributed by atoms with E-state index in [9.17, 15) is 0 Å². The number of unbranched alkanes of at least 4 members (excludes halogenated alkanes) is 4. The molecule has 0 bridgehead atoms. The van der Waals surface area contributed by atoms with Gasteiger partial charge in [-0.2, -0.15) is 0 Å². The fraction of sp³-hybridized carbons (Fsp3) is 1.00. The van der Waals surface area contributed by atoms with Crippen LogP contribution in [0.3, 0.4) is 0 Å². The highest BCUT2D eigenvalue weighted by molar-refractivity contribution is 7.75. The molecule has 0 aliphatic rings. The molecule has 0 radical (unpaired) electrons. The predicted molar refractivity (Wildman–Crippen MR) is 115 cm³/mol. The Hall–Kier alpha value is 0.650. The van der Waals surface area contributed by atoms with Crippen LogP contribution in [0.1, 0.15) is 79.1 Å². The van der Waals surface area contributed by atoms with E-state index in [0.29, 0.717) is 0 Å². The minimum atomic E-state index is -4.64. The fourth-order valence-corrected chi connectivity index (χ4v) is 7.93. The van der Waals surface area contributed by atoms with Crippen LogP contribution in [-0.4, -0.2) is 54.0 Å². The maximum atomic E-state index is 8.88. The van der Waals surface area contributed by atoms with E-state index < -0.39 is 22.9 Å². The summed E-state index contributed by atoms with van der Waals surface area (Å²) in [5, 5.41) is 0. The van der Waals surface area contributed by atoms with Crippen LogP contribution in [0.5, 0.6) is 0 Å². The first-order valence-electron chi connectivity index (χ1n) is 9.66. The van der Waals surface area contributed by atoms with Crippen LogP contribution in [0.2, 0.25) is 0 Å². The van der Waals surface area contributed by atoms with Gasteiger partial charge in [-0.05, 0) is 25.7 Å². The van der Waals surface area contributed by atoms with Gasteiger partial charge in [0.05, 0.1) is 24.6 Å². The van der Waals surface area contributed by atoms with E-state index in [1.807, 2.05) is 0 Å². The molecular weight excluding hydrogens is 413 g/mol. The summed E-state index contributed by atoms with van der Waals surface area (Å²) in [5.41, 5.74) is 0. The van der Waals surface area contributed by atoms with Crippen molar-refractivity contribution in [3.8, 4) is 0 Å². The van der Waals surface area contributed by atoms with Crippen molar-refractivity contribution >= 4 is 22.9 Å². The largest absolute Gasteiger partial charge is 0.466 e. The summed E-state index contributed by atoms with van der Waals surface area (Å²) >= 11 is 0. The van der Waals surface area contributed by atoms with Gasteiger partial charge in [0, 0.05) is 7.26 Å². The molecule has 0 saturated heterocycles. The van der Waals surface area contributed by atoms with Crippen molar-refractivity contribution in [2.45, 2.75) is 79.1 Å². The van der Waals surface area contributed by atoms with Crippen molar-refractivity contribution in [1.29, 1.82) is 0 Å². The minimum absolute atomic E-state index is 0.562. The first kappa shape index (κ1) is 32.3. The molecule has 8 nitrogen and oxygen atoms in total. The Bertz CT molecular complexity index is 334. The summed E-state index contributed by atoms with van der Waals surface area (Å²) in [7, 11) is -9.84. The average molecular weight is 455 g/mol. The smallest absolute Gasteiger partial charge is 0.303 e. The Morgan fingerprint density at radius 2 is 0.667 bits per heavy atom. The summed E-state index contributed by atoms with van der Waals surface area (Å²) in [6, 6.07) is 0. The lowest BCUT2D eigenvalue weighted by Crippen LogP contribution is -2.12. The number of phosphoric acid groups is 2. The summed E-state index contributed by atoms with van der Waals surface area (Å²) in [5.74, 6) is 0. The molecule has 0 amide bonds. The summed E-state index contributed by atoms with van der Waals surface area (Å²) in [6.07, 6.45) is 17.9. The van der Waals surface area contributed by atoms with Gasteiger partial charge >= 0.3 is 15.6 Å². The van der Waals surface area contributed by atoms with Gasteiger partial charge in [-0.15, -0.1) is 0 Å². The topological polar surface area (TPSA) is 156 Å². The van der Waals surface area contributed by atoms with Crippen LogP contribution in [0.4, 0.5) is 0 Å². The number of hydrogen-bond donors (Lipinski definition) is 6. The van der Waals surface area contributed by atoms with E-state index in [4.69, 9.17) is 38.5 Å². The van der Waals surface area contributed by atoms with Gasteiger partial charge in [0.15, 0.2) is 0 Å². The maximum absolute atomic E-state index is 8.88. The first-order valence-corrected chi connectivity index (χ1v) is 15.3. The van der Waals surface area contributed by atoms with Crippen LogP contribution in [0, 0.1) is 0 Å². The lowest BCUT2D eigenvalue weighted by atomic mass is 10.4. The van der Waals surface area contributed by atoms with Crippen molar-refractivity contribution in [2.75, 3.05) is 24.6 Å². The molecule has 0 aliphatic carbocycles. The molecule has 168 valence electrons. The quantitative estimate of drug-likeness (QED) is 0.237. The molecular formula is C16H42O8P3+. The van der Waals surface area contributed by atoms with Crippen molar-refractivity contribution in [2.24, 2.45) is 0 Å². The summed E-state index contributed by atoms with van der Waals surface area (Å²) in [6.45, 7) is 9.42. The third kappa shape index (κ3) is 38.0. The fourth-order valence-electron chi connectivity index (χ4n) is 2.64. The molecule has 11 heteroatoms. The molecule has 0 aromatic heterocycles. The van der Waals surface area contributed by atoms with Gasteiger partial charge in [-0.3, -0.25) is 0 Å². The van der Waals surface area contributed by atoms with Crippen molar-refractivity contribution < 1.29 is 38.5 Å². The highest BCUT2D eigenvalue weighted by atomic mass is 31.2.